The number of nitrogens with one attached hydrogen (secondary N) is 2. The summed E-state index contributed by atoms with van der Waals surface area (Å²) in [5.41, 5.74) is 0.450. The summed E-state index contributed by atoms with van der Waals surface area (Å²) in [6.45, 7) is 0. The van der Waals surface area contributed by atoms with E-state index in [1.54, 1.807) is 12.2 Å². The molecular formula is C23H24Cl3F2N3O3S. The second-order valence-corrected chi connectivity index (χ2v) is 13.5. The molecule has 35 heavy (non-hydrogen) atoms. The van der Waals surface area contributed by atoms with Crippen molar-refractivity contribution in [3.63, 3.8) is 0 Å². The van der Waals surface area contributed by atoms with Crippen molar-refractivity contribution in [3.05, 3.63) is 54.1 Å². The molecular weight excluding hydrogens is 543 g/mol. The Bertz CT molecular complexity index is 1160. The number of nitriles is 1. The van der Waals surface area contributed by atoms with Crippen molar-refractivity contribution in [1.29, 1.82) is 5.26 Å². The summed E-state index contributed by atoms with van der Waals surface area (Å²) in [6.07, 6.45) is 2.30. The van der Waals surface area contributed by atoms with Crippen LogP contribution in [0.5, 0.6) is 0 Å². The molecule has 1 amide bonds. The van der Waals surface area contributed by atoms with Crippen LogP contribution in [-0.2, 0) is 14.6 Å². The zero-order chi connectivity index (χ0) is 26.1. The number of alkyl halides is 5. The topological polar surface area (TPSA) is 99.1 Å². The maximum absolute atomic E-state index is 13.4. The smallest absolute Gasteiger partial charge is 0.240 e. The van der Waals surface area contributed by atoms with Crippen LogP contribution in [0.4, 0.5) is 8.78 Å². The third-order valence-corrected chi connectivity index (χ3v) is 8.80. The molecule has 1 saturated carbocycles. The predicted octanol–water partition coefficient (Wildman–Crippen LogP) is 4.34. The highest BCUT2D eigenvalue weighted by molar-refractivity contribution is 7.92. The van der Waals surface area contributed by atoms with E-state index in [2.05, 4.69) is 10.6 Å². The van der Waals surface area contributed by atoms with Gasteiger partial charge in [0.1, 0.15) is 10.3 Å². The zero-order valence-corrected chi connectivity index (χ0v) is 21.7. The van der Waals surface area contributed by atoms with Gasteiger partial charge in [-0.15, -0.1) is 0 Å². The Balaban J connectivity index is 1.99. The summed E-state index contributed by atoms with van der Waals surface area (Å²) in [7, 11) is -4.02. The molecule has 6 nitrogen and oxygen atoms in total. The molecule has 190 valence electrons. The lowest BCUT2D eigenvalue weighted by molar-refractivity contribution is -0.125. The van der Waals surface area contributed by atoms with Crippen LogP contribution in [0.2, 0.25) is 0 Å². The molecule has 0 heterocycles. The maximum Gasteiger partial charge on any atom is 0.240 e. The molecule has 1 fully saturated rings. The summed E-state index contributed by atoms with van der Waals surface area (Å²) < 4.78 is 48.9. The highest BCUT2D eigenvalue weighted by Gasteiger charge is 2.55. The fourth-order valence-electron chi connectivity index (χ4n) is 4.04. The first-order chi connectivity index (χ1) is 16.2. The van der Waals surface area contributed by atoms with Crippen LogP contribution >= 0.6 is 34.8 Å². The second-order valence-electron chi connectivity index (χ2n) is 8.79. The normalized spacial score (nSPS) is 23.2. The fraction of sp³-hybridized carbons (Fsp3) is 0.478. The van der Waals surface area contributed by atoms with Crippen molar-refractivity contribution >= 4 is 56.1 Å². The minimum absolute atomic E-state index is 0.136. The molecule has 1 aromatic rings. The molecule has 1 unspecified atom stereocenters. The molecule has 2 aliphatic rings. The number of sulfone groups is 1. The summed E-state index contributed by atoms with van der Waals surface area (Å²) in [4.78, 5) is 12.9. The van der Waals surface area contributed by atoms with Crippen LogP contribution in [0.15, 0.2) is 48.6 Å². The van der Waals surface area contributed by atoms with Gasteiger partial charge in [-0.25, -0.2) is 17.2 Å². The van der Waals surface area contributed by atoms with E-state index in [0.717, 1.165) is 17.4 Å². The quantitative estimate of drug-likeness (QED) is 0.434. The van der Waals surface area contributed by atoms with Crippen LogP contribution in [0.25, 0.3) is 5.57 Å². The van der Waals surface area contributed by atoms with E-state index in [-0.39, 0.29) is 6.42 Å². The first kappa shape index (κ1) is 27.9. The molecule has 0 bridgehead atoms. The summed E-state index contributed by atoms with van der Waals surface area (Å²) in [5, 5.41) is 14.3. The van der Waals surface area contributed by atoms with Gasteiger partial charge in [0.05, 0.1) is 18.2 Å². The fourth-order valence-corrected chi connectivity index (χ4v) is 6.38. The highest BCUT2D eigenvalue weighted by Crippen LogP contribution is 2.45. The Hall–Kier alpha value is -1.70. The molecule has 0 spiro atoms. The lowest BCUT2D eigenvalue weighted by Gasteiger charge is -2.43. The van der Waals surface area contributed by atoms with Crippen molar-refractivity contribution in [2.24, 2.45) is 0 Å². The van der Waals surface area contributed by atoms with E-state index in [0.29, 0.717) is 12.8 Å². The first-order valence-corrected chi connectivity index (χ1v) is 13.7. The van der Waals surface area contributed by atoms with Crippen molar-refractivity contribution in [3.8, 4) is 6.07 Å². The molecule has 3 atom stereocenters. The molecule has 0 radical (unpaired) electrons. The Kier molecular flexibility index (Phi) is 8.24. The first-order valence-electron chi connectivity index (χ1n) is 10.7. The average molecular weight is 567 g/mol. The van der Waals surface area contributed by atoms with Crippen LogP contribution in [0, 0.1) is 11.3 Å². The number of allylic oxidation sites excluding steroid dienone is 3. The van der Waals surface area contributed by atoms with Gasteiger partial charge in [0.25, 0.3) is 0 Å². The molecule has 0 saturated heterocycles. The van der Waals surface area contributed by atoms with Crippen LogP contribution in [0.1, 0.15) is 31.2 Å². The number of amides is 1. The monoisotopic (exact) mass is 565 g/mol. The van der Waals surface area contributed by atoms with Gasteiger partial charge in [-0.1, -0.05) is 83.4 Å². The maximum atomic E-state index is 13.4. The van der Waals surface area contributed by atoms with Crippen molar-refractivity contribution in [2.75, 3.05) is 6.26 Å². The largest absolute Gasteiger partial charge is 0.336 e. The molecule has 0 aliphatic heterocycles. The van der Waals surface area contributed by atoms with Crippen LogP contribution < -0.4 is 10.6 Å². The van der Waals surface area contributed by atoms with Crippen molar-refractivity contribution < 1.29 is 22.0 Å². The SMILES string of the molecule is CS(=O)(=O)C1([C@H](N[C@@H](CC(F)F)C(=O)NC2(C#N)CC2)C(Cl)(Cl)Cl)C=CC(c2ccccc2)=CC1. The van der Waals surface area contributed by atoms with E-state index >= 15 is 0 Å². The summed E-state index contributed by atoms with van der Waals surface area (Å²) in [6, 6.07) is 7.95. The van der Waals surface area contributed by atoms with Gasteiger partial charge in [-0.05, 0) is 30.4 Å². The molecule has 2 aliphatic carbocycles. The lowest BCUT2D eigenvalue weighted by atomic mass is 9.87. The van der Waals surface area contributed by atoms with E-state index in [4.69, 9.17) is 34.8 Å². The van der Waals surface area contributed by atoms with Gasteiger partial charge in [0, 0.05) is 12.7 Å². The molecule has 1 aromatic carbocycles. The van der Waals surface area contributed by atoms with E-state index < -0.39 is 54.8 Å². The standard InChI is InChI=1S/C23H24Cl3F2N3O3S/c1-35(33,34)22(9-7-16(8-10-22)15-5-3-2-4-6-15)20(23(24,25)26)30-17(13-18(27)28)19(32)31-21(14-29)11-12-21/h2-9,17-18,20,30H,10-13H2,1H3,(H,31,32)/t17-,20-,22?/m0/s1. The molecule has 0 aromatic heterocycles. The average Bonchev–Trinajstić information content (AvgIpc) is 3.55. The lowest BCUT2D eigenvalue weighted by Crippen LogP contribution is -2.65. The highest BCUT2D eigenvalue weighted by atomic mass is 35.6. The van der Waals surface area contributed by atoms with Gasteiger partial charge in [0.2, 0.25) is 16.1 Å². The number of rotatable bonds is 9. The number of carbonyl (C=O) groups excluding carboxylic acids is 1. The van der Waals surface area contributed by atoms with Gasteiger partial charge in [0.15, 0.2) is 9.84 Å². The van der Waals surface area contributed by atoms with Gasteiger partial charge >= 0.3 is 0 Å². The third-order valence-electron chi connectivity index (χ3n) is 6.22. The van der Waals surface area contributed by atoms with E-state index in [1.807, 2.05) is 36.4 Å². The Morgan fingerprint density at radius 3 is 2.29 bits per heavy atom. The molecule has 3 rings (SSSR count). The van der Waals surface area contributed by atoms with Crippen LogP contribution in [-0.4, -0.2) is 53.2 Å². The third kappa shape index (κ3) is 6.36. The summed E-state index contributed by atoms with van der Waals surface area (Å²) in [5.74, 6) is -0.896. The second kappa shape index (κ2) is 10.3. The van der Waals surface area contributed by atoms with Crippen molar-refractivity contribution in [2.45, 2.75) is 58.3 Å². The Labute approximate surface area is 218 Å². The number of hydrogen-bond acceptors (Lipinski definition) is 5. The van der Waals surface area contributed by atoms with E-state index in [9.17, 15) is 27.3 Å². The number of halogens is 5. The van der Waals surface area contributed by atoms with Gasteiger partial charge < -0.3 is 5.32 Å². The molecule has 2 N–H and O–H groups in total. The minimum atomic E-state index is -4.02. The number of hydrogen-bond donors (Lipinski definition) is 2. The number of carbonyl (C=O) groups is 1. The van der Waals surface area contributed by atoms with Crippen molar-refractivity contribution in [1.82, 2.24) is 10.6 Å². The summed E-state index contributed by atoms with van der Waals surface area (Å²) >= 11 is 18.7. The minimum Gasteiger partial charge on any atom is -0.336 e. The van der Waals surface area contributed by atoms with Gasteiger partial charge in [-0.3, -0.25) is 10.1 Å². The van der Waals surface area contributed by atoms with Gasteiger partial charge in [-0.2, -0.15) is 5.26 Å². The predicted molar refractivity (Wildman–Crippen MR) is 133 cm³/mol. The number of nitrogens with zero attached hydrogens (tertiary/aromatic N) is 1. The van der Waals surface area contributed by atoms with E-state index in [1.165, 1.54) is 6.08 Å². The Morgan fingerprint density at radius 2 is 1.86 bits per heavy atom. The number of benzene rings is 1. The zero-order valence-electron chi connectivity index (χ0n) is 18.6. The van der Waals surface area contributed by atoms with Crippen LogP contribution in [0.3, 0.4) is 0 Å². The Morgan fingerprint density at radius 1 is 1.23 bits per heavy atom. The molecule has 12 heteroatoms.